The van der Waals surface area contributed by atoms with Crippen molar-refractivity contribution in [2.24, 2.45) is 0 Å². The zero-order valence-corrected chi connectivity index (χ0v) is 17.5. The molecule has 4 rings (SSSR count). The van der Waals surface area contributed by atoms with Crippen LogP contribution in [0.1, 0.15) is 38.3 Å². The van der Waals surface area contributed by atoms with Crippen molar-refractivity contribution in [3.63, 3.8) is 0 Å². The van der Waals surface area contributed by atoms with E-state index in [9.17, 15) is 0 Å². The SMILES string of the molecule is CC(C)(C)[Si](Oc1ccc2c(c1)CCC2)(c1ccccc1)c1ccccc1. The van der Waals surface area contributed by atoms with Gasteiger partial charge in [0.25, 0.3) is 0 Å². The topological polar surface area (TPSA) is 9.23 Å². The van der Waals surface area contributed by atoms with E-state index in [-0.39, 0.29) is 5.04 Å². The van der Waals surface area contributed by atoms with E-state index in [1.807, 2.05) is 0 Å². The van der Waals surface area contributed by atoms with Crippen molar-refractivity contribution in [1.29, 1.82) is 0 Å². The van der Waals surface area contributed by atoms with E-state index in [4.69, 9.17) is 4.43 Å². The summed E-state index contributed by atoms with van der Waals surface area (Å²) in [5.74, 6) is 1.02. The molecule has 138 valence electrons. The highest BCUT2D eigenvalue weighted by Crippen LogP contribution is 2.38. The summed E-state index contributed by atoms with van der Waals surface area (Å²) in [6, 6.07) is 28.5. The molecule has 0 unspecified atom stereocenters. The van der Waals surface area contributed by atoms with Gasteiger partial charge in [0.1, 0.15) is 5.75 Å². The van der Waals surface area contributed by atoms with Crippen LogP contribution < -0.4 is 14.8 Å². The second kappa shape index (κ2) is 7.01. The van der Waals surface area contributed by atoms with Gasteiger partial charge in [-0.05, 0) is 57.9 Å². The molecule has 1 aliphatic rings. The predicted octanol–water partition coefficient (Wildman–Crippen LogP) is 5.11. The molecule has 0 fully saturated rings. The number of hydrogen-bond donors (Lipinski definition) is 0. The number of hydrogen-bond acceptors (Lipinski definition) is 1. The third-order valence-corrected chi connectivity index (χ3v) is 10.7. The summed E-state index contributed by atoms with van der Waals surface area (Å²) in [4.78, 5) is 0. The average molecular weight is 373 g/mol. The summed E-state index contributed by atoms with van der Waals surface area (Å²) in [5.41, 5.74) is 2.95. The van der Waals surface area contributed by atoms with Gasteiger partial charge in [-0.2, -0.15) is 0 Å². The second-order valence-electron chi connectivity index (χ2n) is 8.55. The van der Waals surface area contributed by atoms with Crippen molar-refractivity contribution in [1.82, 2.24) is 0 Å². The van der Waals surface area contributed by atoms with Crippen LogP contribution >= 0.6 is 0 Å². The van der Waals surface area contributed by atoms with Gasteiger partial charge in [0.15, 0.2) is 0 Å². The predicted molar refractivity (Wildman–Crippen MR) is 117 cm³/mol. The minimum absolute atomic E-state index is 0.00524. The normalized spacial score (nSPS) is 14.0. The molecule has 0 amide bonds. The van der Waals surface area contributed by atoms with Crippen molar-refractivity contribution >= 4 is 18.7 Å². The molecule has 0 saturated carbocycles. The first-order valence-electron chi connectivity index (χ1n) is 9.92. The summed E-state index contributed by atoms with van der Waals surface area (Å²) >= 11 is 0. The Morgan fingerprint density at radius 1 is 0.704 bits per heavy atom. The van der Waals surface area contributed by atoms with Crippen molar-refractivity contribution < 1.29 is 4.43 Å². The van der Waals surface area contributed by atoms with Crippen molar-refractivity contribution in [3.8, 4) is 5.75 Å². The molecule has 0 heterocycles. The summed E-state index contributed by atoms with van der Waals surface area (Å²) in [7, 11) is -2.52. The summed E-state index contributed by atoms with van der Waals surface area (Å²) < 4.78 is 7.10. The first kappa shape index (κ1) is 18.1. The summed E-state index contributed by atoms with van der Waals surface area (Å²) in [6.45, 7) is 6.98. The fourth-order valence-electron chi connectivity index (χ4n) is 4.44. The number of fused-ring (bicyclic) bond motifs is 1. The van der Waals surface area contributed by atoms with Crippen molar-refractivity contribution in [3.05, 3.63) is 90.0 Å². The Balaban J connectivity index is 1.90. The van der Waals surface area contributed by atoms with Crippen molar-refractivity contribution in [2.75, 3.05) is 0 Å². The Hall–Kier alpha value is -2.32. The third kappa shape index (κ3) is 3.23. The standard InChI is InChI=1S/C25H28OSi/c1-25(2,3)27(23-13-6-4-7-14-23,24-15-8-5-9-16-24)26-22-18-17-20-11-10-12-21(20)19-22/h4-9,13-19H,10-12H2,1-3H3. The Kier molecular flexibility index (Phi) is 4.69. The van der Waals surface area contributed by atoms with E-state index in [0.717, 1.165) is 5.75 Å². The molecule has 0 aromatic heterocycles. The van der Waals surface area contributed by atoms with E-state index >= 15 is 0 Å². The zero-order chi connectivity index (χ0) is 18.9. The average Bonchev–Trinajstić information content (AvgIpc) is 3.14. The maximum absolute atomic E-state index is 7.10. The van der Waals surface area contributed by atoms with Crippen LogP contribution in [0.3, 0.4) is 0 Å². The first-order chi connectivity index (χ1) is 13.0. The quantitative estimate of drug-likeness (QED) is 0.578. The van der Waals surface area contributed by atoms with Gasteiger partial charge in [0, 0.05) is 0 Å². The molecule has 27 heavy (non-hydrogen) atoms. The molecule has 0 radical (unpaired) electrons. The van der Waals surface area contributed by atoms with Crippen LogP contribution in [0.2, 0.25) is 5.04 Å². The van der Waals surface area contributed by atoms with Crippen LogP contribution in [0, 0.1) is 0 Å². The molecule has 0 aliphatic heterocycles. The highest BCUT2D eigenvalue weighted by molar-refractivity contribution is 7.00. The molecule has 3 aromatic rings. The third-order valence-electron chi connectivity index (χ3n) is 5.76. The fourth-order valence-corrected chi connectivity index (χ4v) is 8.85. The molecule has 0 N–H and O–H groups in total. The molecular weight excluding hydrogens is 344 g/mol. The lowest BCUT2D eigenvalue weighted by Gasteiger charge is -2.43. The first-order valence-corrected chi connectivity index (χ1v) is 11.8. The van der Waals surface area contributed by atoms with E-state index < -0.39 is 8.32 Å². The minimum atomic E-state index is -2.52. The van der Waals surface area contributed by atoms with Crippen LogP contribution in [0.4, 0.5) is 0 Å². The Labute approximate surface area is 164 Å². The van der Waals surface area contributed by atoms with Gasteiger partial charge in [-0.1, -0.05) is 87.5 Å². The molecule has 0 spiro atoms. The molecule has 0 atom stereocenters. The van der Waals surface area contributed by atoms with Crippen molar-refractivity contribution in [2.45, 2.75) is 45.1 Å². The maximum Gasteiger partial charge on any atom is 0.319 e. The Morgan fingerprint density at radius 3 is 1.81 bits per heavy atom. The Morgan fingerprint density at radius 2 is 1.26 bits per heavy atom. The largest absolute Gasteiger partial charge is 0.534 e. The van der Waals surface area contributed by atoms with Gasteiger partial charge in [-0.25, -0.2) is 0 Å². The van der Waals surface area contributed by atoms with Crippen LogP contribution in [0.25, 0.3) is 0 Å². The van der Waals surface area contributed by atoms with E-state index in [2.05, 4.69) is 99.6 Å². The van der Waals surface area contributed by atoms with Gasteiger partial charge in [-0.3, -0.25) is 0 Å². The lowest BCUT2D eigenvalue weighted by atomic mass is 10.1. The number of aryl methyl sites for hydroxylation is 2. The smallest absolute Gasteiger partial charge is 0.319 e. The molecule has 3 aromatic carbocycles. The van der Waals surface area contributed by atoms with Crippen LogP contribution in [0.15, 0.2) is 78.9 Å². The molecule has 0 bridgehead atoms. The van der Waals surface area contributed by atoms with E-state index in [1.165, 1.54) is 40.8 Å². The molecule has 0 saturated heterocycles. The van der Waals surface area contributed by atoms with Gasteiger partial charge >= 0.3 is 8.32 Å². The maximum atomic E-state index is 7.10. The van der Waals surface area contributed by atoms with Gasteiger partial charge in [-0.15, -0.1) is 0 Å². The lowest BCUT2D eigenvalue weighted by molar-refractivity contribution is 0.507. The molecule has 1 nitrogen and oxygen atoms in total. The molecule has 1 aliphatic carbocycles. The number of benzene rings is 3. The second-order valence-corrected chi connectivity index (χ2v) is 12.8. The zero-order valence-electron chi connectivity index (χ0n) is 16.5. The van der Waals surface area contributed by atoms with Crippen LogP contribution in [-0.2, 0) is 12.8 Å². The Bertz CT molecular complexity index is 871. The fraction of sp³-hybridized carbons (Fsp3) is 0.280. The van der Waals surface area contributed by atoms with E-state index in [1.54, 1.807) is 0 Å². The lowest BCUT2D eigenvalue weighted by Crippen LogP contribution is -2.68. The molecule has 2 heteroatoms. The van der Waals surface area contributed by atoms with Gasteiger partial charge in [0.05, 0.1) is 0 Å². The van der Waals surface area contributed by atoms with Gasteiger partial charge < -0.3 is 4.43 Å². The molecular formula is C25H28OSi. The monoisotopic (exact) mass is 372 g/mol. The highest BCUT2D eigenvalue weighted by atomic mass is 28.4. The van der Waals surface area contributed by atoms with Gasteiger partial charge in [0.2, 0.25) is 0 Å². The highest BCUT2D eigenvalue weighted by Gasteiger charge is 2.52. The van der Waals surface area contributed by atoms with E-state index in [0.29, 0.717) is 0 Å². The summed E-state index contributed by atoms with van der Waals surface area (Å²) in [5, 5.41) is 2.64. The number of rotatable bonds is 4. The minimum Gasteiger partial charge on any atom is -0.534 e. The van der Waals surface area contributed by atoms with Crippen LogP contribution in [-0.4, -0.2) is 8.32 Å². The van der Waals surface area contributed by atoms with Crippen LogP contribution in [0.5, 0.6) is 5.75 Å². The summed E-state index contributed by atoms with van der Waals surface area (Å²) in [6.07, 6.45) is 3.64.